The molecule has 0 heterocycles. The van der Waals surface area contributed by atoms with Crippen molar-refractivity contribution in [3.05, 3.63) is 0 Å². The van der Waals surface area contributed by atoms with Crippen LogP contribution in [-0.4, -0.2) is 6.04 Å². The first kappa shape index (κ1) is 7.46. The van der Waals surface area contributed by atoms with Crippen molar-refractivity contribution >= 4 is 8.96 Å². The van der Waals surface area contributed by atoms with E-state index in [9.17, 15) is 4.89 Å². The Balaban J connectivity index is 2.22. The quantitative estimate of drug-likeness (QED) is 0.572. The van der Waals surface area contributed by atoms with E-state index in [1.807, 2.05) is 0 Å². The Morgan fingerprint density at radius 1 is 1.56 bits per heavy atom. The monoisotopic (exact) mass is 147 g/mol. The van der Waals surface area contributed by atoms with Crippen molar-refractivity contribution < 1.29 is 4.89 Å². The molecule has 9 heavy (non-hydrogen) atoms. The lowest BCUT2D eigenvalue weighted by molar-refractivity contribution is -0.153. The van der Waals surface area contributed by atoms with Crippen LogP contribution in [0.1, 0.15) is 26.2 Å². The molecular formula is C6H14NOP. The van der Waals surface area contributed by atoms with Gasteiger partial charge in [-0.1, -0.05) is 13.3 Å². The van der Waals surface area contributed by atoms with Gasteiger partial charge in [-0.05, 0) is 18.8 Å². The highest BCUT2D eigenvalue weighted by Crippen LogP contribution is 2.25. The minimum Gasteiger partial charge on any atom is -0.669 e. The number of rotatable bonds is 2. The van der Waals surface area contributed by atoms with E-state index in [1.54, 1.807) is 0 Å². The van der Waals surface area contributed by atoms with E-state index in [-0.39, 0.29) is 0 Å². The van der Waals surface area contributed by atoms with Crippen LogP contribution in [0.3, 0.4) is 0 Å². The number of hydrogen-bond acceptors (Lipinski definition) is 2. The third-order valence-corrected chi connectivity index (χ3v) is 2.71. The maximum Gasteiger partial charge on any atom is 0.0432 e. The molecule has 3 unspecified atom stereocenters. The minimum absolute atomic E-state index is 0.553. The lowest BCUT2D eigenvalue weighted by atomic mass is 10.1. The van der Waals surface area contributed by atoms with Gasteiger partial charge in [0.25, 0.3) is 0 Å². The fraction of sp³-hybridized carbons (Fsp3) is 1.00. The van der Waals surface area contributed by atoms with E-state index in [0.29, 0.717) is 6.04 Å². The van der Waals surface area contributed by atoms with Gasteiger partial charge in [0.1, 0.15) is 0 Å². The molecule has 1 aliphatic rings. The average Bonchev–Trinajstić information content (AvgIpc) is 2.18. The molecule has 3 heteroatoms. The van der Waals surface area contributed by atoms with E-state index in [0.717, 1.165) is 5.92 Å². The molecule has 1 saturated carbocycles. The molecule has 1 aliphatic carbocycles. The summed E-state index contributed by atoms with van der Waals surface area (Å²) in [5.41, 5.74) is 0. The summed E-state index contributed by atoms with van der Waals surface area (Å²) in [5.74, 6) is 0.742. The molecule has 0 amide bonds. The van der Waals surface area contributed by atoms with Gasteiger partial charge in [0.05, 0.1) is 0 Å². The minimum atomic E-state index is -0.735. The summed E-state index contributed by atoms with van der Waals surface area (Å²) < 4.78 is 0. The molecule has 0 bridgehead atoms. The summed E-state index contributed by atoms with van der Waals surface area (Å²) in [6, 6.07) is 0.553. The van der Waals surface area contributed by atoms with Crippen LogP contribution >= 0.6 is 8.96 Å². The first-order chi connectivity index (χ1) is 4.34. The van der Waals surface area contributed by atoms with E-state index in [4.69, 9.17) is 0 Å². The lowest BCUT2D eigenvalue weighted by Crippen LogP contribution is -2.25. The smallest absolute Gasteiger partial charge is 0.0432 e. The van der Waals surface area contributed by atoms with Gasteiger partial charge in [0, 0.05) is 15.0 Å². The fourth-order valence-corrected chi connectivity index (χ4v) is 2.15. The maximum absolute atomic E-state index is 10.2. The molecule has 0 saturated heterocycles. The summed E-state index contributed by atoms with van der Waals surface area (Å²) in [5, 5.41) is 3.02. The van der Waals surface area contributed by atoms with Gasteiger partial charge >= 0.3 is 0 Å². The summed E-state index contributed by atoms with van der Waals surface area (Å²) in [6.07, 6.45) is 3.83. The highest BCUT2D eigenvalue weighted by molar-refractivity contribution is 7.26. The van der Waals surface area contributed by atoms with Crippen molar-refractivity contribution in [1.29, 1.82) is 0 Å². The van der Waals surface area contributed by atoms with Crippen molar-refractivity contribution in [2.75, 3.05) is 0 Å². The Morgan fingerprint density at radius 3 is 2.78 bits per heavy atom. The molecular weight excluding hydrogens is 133 g/mol. The Bertz CT molecular complexity index is 89.1. The standard InChI is InChI=1S/C6H14NOP/c1-5-3-2-4-6(5)7-9-8/h5-7H,2-4,9H2,1H3. The van der Waals surface area contributed by atoms with Gasteiger partial charge in [-0.2, -0.15) is 5.09 Å². The third-order valence-electron chi connectivity index (χ3n) is 2.14. The zero-order valence-electron chi connectivity index (χ0n) is 5.76. The second-order valence-corrected chi connectivity index (χ2v) is 3.37. The summed E-state index contributed by atoms with van der Waals surface area (Å²) in [7, 11) is -0.735. The Morgan fingerprint density at radius 2 is 2.33 bits per heavy atom. The first-order valence-electron chi connectivity index (χ1n) is 3.54. The second-order valence-electron chi connectivity index (χ2n) is 2.80. The van der Waals surface area contributed by atoms with Crippen molar-refractivity contribution in [3.63, 3.8) is 0 Å². The van der Waals surface area contributed by atoms with Gasteiger partial charge in [-0.15, -0.1) is 0 Å². The molecule has 54 valence electrons. The number of hydrogen-bond donors (Lipinski definition) is 1. The zero-order chi connectivity index (χ0) is 6.69. The molecule has 0 aromatic rings. The summed E-state index contributed by atoms with van der Waals surface area (Å²) >= 11 is 0. The molecule has 0 aromatic carbocycles. The van der Waals surface area contributed by atoms with E-state index in [1.165, 1.54) is 19.3 Å². The molecule has 3 atom stereocenters. The molecule has 1 rings (SSSR count). The zero-order valence-corrected chi connectivity index (χ0v) is 6.92. The Kier molecular flexibility index (Phi) is 2.90. The van der Waals surface area contributed by atoms with Gasteiger partial charge in [-0.25, -0.2) is 0 Å². The lowest BCUT2D eigenvalue weighted by Gasteiger charge is -2.13. The van der Waals surface area contributed by atoms with Crippen LogP contribution in [0.15, 0.2) is 0 Å². The van der Waals surface area contributed by atoms with Crippen LogP contribution < -0.4 is 9.98 Å². The van der Waals surface area contributed by atoms with Crippen LogP contribution in [0.5, 0.6) is 0 Å². The maximum atomic E-state index is 10.2. The van der Waals surface area contributed by atoms with Crippen molar-refractivity contribution in [1.82, 2.24) is 5.09 Å². The van der Waals surface area contributed by atoms with Crippen molar-refractivity contribution in [3.8, 4) is 0 Å². The summed E-state index contributed by atoms with van der Waals surface area (Å²) in [4.78, 5) is 10.2. The van der Waals surface area contributed by atoms with E-state index in [2.05, 4.69) is 12.0 Å². The van der Waals surface area contributed by atoms with Gasteiger partial charge in [0.2, 0.25) is 0 Å². The van der Waals surface area contributed by atoms with Gasteiger partial charge in [0.15, 0.2) is 0 Å². The number of nitrogens with one attached hydrogen (secondary N) is 1. The predicted molar refractivity (Wildman–Crippen MR) is 39.6 cm³/mol. The van der Waals surface area contributed by atoms with Crippen LogP contribution in [0.4, 0.5) is 0 Å². The van der Waals surface area contributed by atoms with Crippen molar-refractivity contribution in [2.45, 2.75) is 32.2 Å². The first-order valence-corrected chi connectivity index (χ1v) is 4.59. The largest absolute Gasteiger partial charge is 0.669 e. The highest BCUT2D eigenvalue weighted by atomic mass is 31.1. The molecule has 0 aromatic heterocycles. The van der Waals surface area contributed by atoms with Crippen LogP contribution in [0.2, 0.25) is 0 Å². The highest BCUT2D eigenvalue weighted by Gasteiger charge is 2.22. The van der Waals surface area contributed by atoms with Crippen molar-refractivity contribution in [2.24, 2.45) is 5.92 Å². The van der Waals surface area contributed by atoms with Crippen LogP contribution in [-0.2, 0) is 0 Å². The Labute approximate surface area is 58.0 Å². The van der Waals surface area contributed by atoms with E-state index >= 15 is 0 Å². The van der Waals surface area contributed by atoms with E-state index < -0.39 is 8.96 Å². The topological polar surface area (TPSA) is 35.1 Å². The SMILES string of the molecule is CC1CCCC1N[PH2+][O-]. The third kappa shape index (κ3) is 1.89. The normalized spacial score (nSPS) is 36.7. The molecule has 0 radical (unpaired) electrons. The summed E-state index contributed by atoms with van der Waals surface area (Å²) in [6.45, 7) is 2.22. The fourth-order valence-electron chi connectivity index (χ4n) is 1.48. The molecule has 0 spiro atoms. The average molecular weight is 147 g/mol. The predicted octanol–water partition coefficient (Wildman–Crippen LogP) is 0.366. The Hall–Kier alpha value is 0.350. The molecule has 1 fully saturated rings. The molecule has 0 aliphatic heterocycles. The van der Waals surface area contributed by atoms with Gasteiger partial charge in [-0.3, -0.25) is 0 Å². The second kappa shape index (κ2) is 3.50. The molecule has 2 nitrogen and oxygen atoms in total. The molecule has 1 N–H and O–H groups in total. The van der Waals surface area contributed by atoms with Gasteiger partial charge < -0.3 is 4.89 Å². The van der Waals surface area contributed by atoms with Crippen LogP contribution in [0, 0.1) is 5.92 Å². The van der Waals surface area contributed by atoms with Crippen LogP contribution in [0.25, 0.3) is 0 Å².